The number of dihydropyridines is 1. The summed E-state index contributed by atoms with van der Waals surface area (Å²) in [6.07, 6.45) is 13.6. The van der Waals surface area contributed by atoms with E-state index in [1.165, 1.54) is 17.9 Å². The van der Waals surface area contributed by atoms with Crippen LogP contribution in [0.4, 0.5) is 11.4 Å². The zero-order chi connectivity index (χ0) is 26.6. The average molecular weight is 540 g/mol. The van der Waals surface area contributed by atoms with Crippen molar-refractivity contribution in [1.29, 1.82) is 0 Å². The molecule has 2 fully saturated rings. The standard InChI is InChI=1S/C28H38ClN7O2/c1-20-18-21(12-13-31-20)27(38)36(30)28-32-24-10-6-9-23(29)26(24)35(28)22-8-2-3-17-34(19-22)25(37)11-7-16-33-14-4-5-15-33/h6-7,9-13,18,20,22,28,31-32H,2-5,8,14-17,19,30H2,1H3/b11-7+/t20?,22-,28?/m1/s1. The van der Waals surface area contributed by atoms with Crippen LogP contribution in [0.15, 0.2) is 54.3 Å². The third-order valence-corrected chi connectivity index (χ3v) is 8.07. The highest BCUT2D eigenvalue weighted by Crippen LogP contribution is 2.43. The predicted octanol–water partition coefficient (Wildman–Crippen LogP) is 3.02. The van der Waals surface area contributed by atoms with Crippen LogP contribution in [0.25, 0.3) is 0 Å². The highest BCUT2D eigenvalue weighted by Gasteiger charge is 2.41. The Balaban J connectivity index is 1.37. The summed E-state index contributed by atoms with van der Waals surface area (Å²) in [7, 11) is 0. The maximum atomic E-state index is 13.4. The van der Waals surface area contributed by atoms with E-state index in [9.17, 15) is 9.59 Å². The lowest BCUT2D eigenvalue weighted by Crippen LogP contribution is -2.60. The molecular weight excluding hydrogens is 502 g/mol. The lowest BCUT2D eigenvalue weighted by Gasteiger charge is -2.39. The molecule has 1 aromatic carbocycles. The Morgan fingerprint density at radius 3 is 2.76 bits per heavy atom. The van der Waals surface area contributed by atoms with Crippen LogP contribution in [0.5, 0.6) is 0 Å². The molecular formula is C28H38ClN7O2. The van der Waals surface area contributed by atoms with Crippen LogP contribution in [0.3, 0.4) is 0 Å². The summed E-state index contributed by atoms with van der Waals surface area (Å²) < 4.78 is 0. The number of nitrogens with two attached hydrogens (primary N) is 1. The number of hydrogen-bond donors (Lipinski definition) is 3. The van der Waals surface area contributed by atoms with Crippen LogP contribution >= 0.6 is 11.6 Å². The number of anilines is 2. The average Bonchev–Trinajstić information content (AvgIpc) is 3.50. The van der Waals surface area contributed by atoms with Gasteiger partial charge in [0.05, 0.1) is 22.4 Å². The second kappa shape index (κ2) is 11.8. The Morgan fingerprint density at radius 2 is 1.97 bits per heavy atom. The molecule has 4 aliphatic rings. The second-order valence-corrected chi connectivity index (χ2v) is 10.9. The minimum Gasteiger partial charge on any atom is -0.385 e. The molecule has 10 heteroatoms. The van der Waals surface area contributed by atoms with Gasteiger partial charge in [-0.1, -0.05) is 23.7 Å². The molecule has 4 heterocycles. The van der Waals surface area contributed by atoms with Gasteiger partial charge < -0.3 is 20.4 Å². The molecule has 4 aliphatic heterocycles. The molecule has 0 radical (unpaired) electrons. The van der Waals surface area contributed by atoms with Crippen LogP contribution in [-0.2, 0) is 9.59 Å². The van der Waals surface area contributed by atoms with Gasteiger partial charge in [-0.15, -0.1) is 0 Å². The van der Waals surface area contributed by atoms with Crippen molar-refractivity contribution in [2.24, 2.45) is 5.84 Å². The summed E-state index contributed by atoms with van der Waals surface area (Å²) in [6.45, 7) is 6.23. The third-order valence-electron chi connectivity index (χ3n) is 7.76. The fourth-order valence-electron chi connectivity index (χ4n) is 5.80. The van der Waals surface area contributed by atoms with E-state index in [4.69, 9.17) is 17.4 Å². The minimum atomic E-state index is -0.636. The Hall–Kier alpha value is -3.01. The number of hydrazine groups is 1. The van der Waals surface area contributed by atoms with Crippen molar-refractivity contribution in [3.05, 3.63) is 59.3 Å². The maximum absolute atomic E-state index is 13.4. The first-order chi connectivity index (χ1) is 18.4. The summed E-state index contributed by atoms with van der Waals surface area (Å²) in [5.74, 6) is 6.27. The predicted molar refractivity (Wildman–Crippen MR) is 151 cm³/mol. The number of likely N-dealkylation sites (tertiary alicyclic amines) is 2. The van der Waals surface area contributed by atoms with Crippen LogP contribution in [0, 0.1) is 0 Å². The van der Waals surface area contributed by atoms with Crippen LogP contribution in [0.1, 0.15) is 39.0 Å². The molecule has 5 rings (SSSR count). The molecule has 0 saturated carbocycles. The zero-order valence-corrected chi connectivity index (χ0v) is 22.7. The maximum Gasteiger partial charge on any atom is 0.270 e. The van der Waals surface area contributed by atoms with Crippen molar-refractivity contribution >= 4 is 34.8 Å². The van der Waals surface area contributed by atoms with Crippen LogP contribution in [-0.4, -0.2) is 77.7 Å². The molecule has 0 bridgehead atoms. The number of benzene rings is 1. The lowest BCUT2D eigenvalue weighted by molar-refractivity contribution is -0.129. The highest BCUT2D eigenvalue weighted by atomic mass is 35.5. The largest absolute Gasteiger partial charge is 0.385 e. The van der Waals surface area contributed by atoms with Gasteiger partial charge in [0.2, 0.25) is 5.91 Å². The summed E-state index contributed by atoms with van der Waals surface area (Å²) in [6, 6.07) is 5.64. The van der Waals surface area contributed by atoms with Gasteiger partial charge in [0.1, 0.15) is 0 Å². The molecule has 0 aliphatic carbocycles. The SMILES string of the molecule is CC1C=C(C(=O)N(N)C2Nc3cccc(Cl)c3N2[C@@H]2CCCCN(C(=O)/C=C/CN3CCCC3)C2)C=CN1. The molecule has 9 nitrogen and oxygen atoms in total. The molecule has 2 saturated heterocycles. The smallest absolute Gasteiger partial charge is 0.270 e. The van der Waals surface area contributed by atoms with Gasteiger partial charge in [-0.2, -0.15) is 0 Å². The van der Waals surface area contributed by atoms with Gasteiger partial charge in [-0.25, -0.2) is 10.9 Å². The first kappa shape index (κ1) is 26.6. The number of carbonyl (C=O) groups is 2. The Bertz CT molecular complexity index is 1130. The van der Waals surface area contributed by atoms with Gasteiger partial charge in [-0.3, -0.25) is 14.5 Å². The van der Waals surface area contributed by atoms with Crippen LogP contribution < -0.4 is 21.4 Å². The molecule has 38 heavy (non-hydrogen) atoms. The molecule has 3 atom stereocenters. The quantitative estimate of drug-likeness (QED) is 0.221. The molecule has 204 valence electrons. The van der Waals surface area contributed by atoms with Crippen molar-refractivity contribution in [2.45, 2.75) is 57.4 Å². The Kier molecular flexibility index (Phi) is 8.26. The summed E-state index contributed by atoms with van der Waals surface area (Å²) in [5.41, 5.74) is 2.17. The summed E-state index contributed by atoms with van der Waals surface area (Å²) in [5, 5.41) is 8.40. The van der Waals surface area contributed by atoms with Crippen molar-refractivity contribution < 1.29 is 9.59 Å². The lowest BCUT2D eigenvalue weighted by atomic mass is 10.1. The third kappa shape index (κ3) is 5.70. The van der Waals surface area contributed by atoms with Crippen molar-refractivity contribution in [2.75, 3.05) is 42.9 Å². The first-order valence-electron chi connectivity index (χ1n) is 13.7. The van der Waals surface area contributed by atoms with E-state index in [-0.39, 0.29) is 23.9 Å². The minimum absolute atomic E-state index is 0.0267. The van der Waals surface area contributed by atoms with E-state index in [1.54, 1.807) is 18.4 Å². The topological polar surface area (TPSA) is 97.2 Å². The molecule has 1 aromatic rings. The van der Waals surface area contributed by atoms with Crippen molar-refractivity contribution in [3.8, 4) is 0 Å². The number of nitrogens with zero attached hydrogens (tertiary/aromatic N) is 4. The van der Waals surface area contributed by atoms with E-state index in [1.807, 2.05) is 42.2 Å². The van der Waals surface area contributed by atoms with E-state index in [0.717, 1.165) is 50.3 Å². The molecule has 2 unspecified atom stereocenters. The number of para-hydroxylation sites is 1. The molecule has 2 amide bonds. The molecule has 0 spiro atoms. The second-order valence-electron chi connectivity index (χ2n) is 10.5. The number of nitrogens with one attached hydrogen (secondary N) is 2. The van der Waals surface area contributed by atoms with Gasteiger partial charge in [0.25, 0.3) is 5.91 Å². The van der Waals surface area contributed by atoms with E-state index >= 15 is 0 Å². The fraction of sp³-hybridized carbons (Fsp3) is 0.500. The zero-order valence-electron chi connectivity index (χ0n) is 22.0. The summed E-state index contributed by atoms with van der Waals surface area (Å²) in [4.78, 5) is 33.0. The fourth-order valence-corrected chi connectivity index (χ4v) is 6.07. The summed E-state index contributed by atoms with van der Waals surface area (Å²) >= 11 is 6.72. The number of halogens is 1. The van der Waals surface area contributed by atoms with E-state index < -0.39 is 6.29 Å². The van der Waals surface area contributed by atoms with Crippen molar-refractivity contribution in [1.82, 2.24) is 20.1 Å². The monoisotopic (exact) mass is 539 g/mol. The van der Waals surface area contributed by atoms with E-state index in [2.05, 4.69) is 20.4 Å². The molecule has 4 N–H and O–H groups in total. The van der Waals surface area contributed by atoms with Gasteiger partial charge in [0, 0.05) is 37.3 Å². The Labute approximate surface area is 229 Å². The van der Waals surface area contributed by atoms with Gasteiger partial charge >= 0.3 is 0 Å². The number of rotatable bonds is 6. The van der Waals surface area contributed by atoms with Gasteiger partial charge in [0.15, 0.2) is 6.29 Å². The Morgan fingerprint density at radius 1 is 1.18 bits per heavy atom. The van der Waals surface area contributed by atoms with Gasteiger partial charge in [-0.05, 0) is 82.6 Å². The van der Waals surface area contributed by atoms with E-state index in [0.29, 0.717) is 23.7 Å². The first-order valence-corrected chi connectivity index (χ1v) is 14.0. The number of carbonyl (C=O) groups excluding carboxylic acids is 2. The highest BCUT2D eigenvalue weighted by molar-refractivity contribution is 6.34. The number of hydrogen-bond acceptors (Lipinski definition) is 7. The normalized spacial score (nSPS) is 25.6. The number of amides is 2. The molecule has 0 aromatic heterocycles. The number of fused-ring (bicyclic) bond motifs is 1. The van der Waals surface area contributed by atoms with Crippen molar-refractivity contribution in [3.63, 3.8) is 0 Å². The van der Waals surface area contributed by atoms with Crippen LogP contribution in [0.2, 0.25) is 5.02 Å².